The van der Waals surface area contributed by atoms with Gasteiger partial charge in [-0.25, -0.2) is 8.42 Å². The Kier molecular flexibility index (Phi) is 7.35. The molecule has 0 amide bonds. The van der Waals surface area contributed by atoms with Gasteiger partial charge in [-0.3, -0.25) is 4.79 Å². The van der Waals surface area contributed by atoms with E-state index in [1.54, 1.807) is 6.92 Å². The third-order valence-corrected chi connectivity index (χ3v) is 4.17. The molecule has 19 heavy (non-hydrogen) atoms. The average molecular weight is 305 g/mol. The first-order valence-corrected chi connectivity index (χ1v) is 7.34. The van der Waals surface area contributed by atoms with Crippen molar-refractivity contribution in [1.82, 2.24) is 4.31 Å². The smallest absolute Gasteiger partial charge is 0.389 e. The van der Waals surface area contributed by atoms with Crippen LogP contribution in [0.4, 0.5) is 13.2 Å². The van der Waals surface area contributed by atoms with E-state index in [-0.39, 0.29) is 6.54 Å². The van der Waals surface area contributed by atoms with E-state index < -0.39 is 47.3 Å². The molecule has 0 saturated carbocycles. The molecule has 0 aliphatic rings. The topological polar surface area (TPSA) is 63.7 Å². The largest absolute Gasteiger partial charge is 0.468 e. The molecule has 0 aliphatic heterocycles. The fourth-order valence-corrected chi connectivity index (χ4v) is 2.89. The number of carbonyl (C=O) groups excluding carboxylic acids is 1. The Labute approximate surface area is 110 Å². The molecule has 0 saturated heterocycles. The van der Waals surface area contributed by atoms with E-state index in [2.05, 4.69) is 4.74 Å². The normalized spacial score (nSPS) is 12.7. The molecule has 0 fully saturated rings. The van der Waals surface area contributed by atoms with Gasteiger partial charge in [0.1, 0.15) is 6.54 Å². The second kappa shape index (κ2) is 7.68. The van der Waals surface area contributed by atoms with E-state index >= 15 is 0 Å². The first-order valence-electron chi connectivity index (χ1n) is 5.73. The average Bonchev–Trinajstić information content (AvgIpc) is 2.26. The molecule has 0 spiro atoms. The lowest BCUT2D eigenvalue weighted by atomic mass is 10.3. The highest BCUT2D eigenvalue weighted by Crippen LogP contribution is 2.22. The van der Waals surface area contributed by atoms with Crippen molar-refractivity contribution in [3.05, 3.63) is 0 Å². The molecule has 0 aromatic rings. The minimum atomic E-state index is -4.38. The van der Waals surface area contributed by atoms with Crippen LogP contribution in [0.15, 0.2) is 0 Å². The van der Waals surface area contributed by atoms with Gasteiger partial charge < -0.3 is 4.74 Å². The first kappa shape index (κ1) is 18.2. The van der Waals surface area contributed by atoms with Gasteiger partial charge in [-0.2, -0.15) is 17.5 Å². The summed E-state index contributed by atoms with van der Waals surface area (Å²) < 4.78 is 64.7. The SMILES string of the molecule is CCCN(CC(=O)OC)S(=O)(=O)CCCC(F)(F)F. The number of carbonyl (C=O) groups is 1. The summed E-state index contributed by atoms with van der Waals surface area (Å²) in [7, 11) is -2.77. The van der Waals surface area contributed by atoms with Crippen molar-refractivity contribution >= 4 is 16.0 Å². The molecule has 0 N–H and O–H groups in total. The lowest BCUT2D eigenvalue weighted by molar-refractivity contribution is -0.141. The Morgan fingerprint density at radius 2 is 1.89 bits per heavy atom. The number of nitrogens with zero attached hydrogens (tertiary/aromatic N) is 1. The summed E-state index contributed by atoms with van der Waals surface area (Å²) in [5.74, 6) is -1.38. The quantitative estimate of drug-likeness (QED) is 0.638. The molecule has 0 rings (SSSR count). The van der Waals surface area contributed by atoms with Gasteiger partial charge in [-0.15, -0.1) is 0 Å². The molecule has 0 aliphatic carbocycles. The van der Waals surface area contributed by atoms with Crippen molar-refractivity contribution in [2.45, 2.75) is 32.4 Å². The Morgan fingerprint density at radius 1 is 1.32 bits per heavy atom. The molecule has 0 aromatic heterocycles. The number of methoxy groups -OCH3 is 1. The second-order valence-corrected chi connectivity index (χ2v) is 6.03. The summed E-state index contributed by atoms with van der Waals surface area (Å²) in [6.07, 6.45) is -5.61. The summed E-state index contributed by atoms with van der Waals surface area (Å²) >= 11 is 0. The van der Waals surface area contributed by atoms with Crippen molar-refractivity contribution in [3.8, 4) is 0 Å². The third-order valence-electron chi connectivity index (χ3n) is 2.26. The Balaban J connectivity index is 4.57. The lowest BCUT2D eigenvalue weighted by Crippen LogP contribution is -2.38. The van der Waals surface area contributed by atoms with Crippen LogP contribution in [-0.4, -0.2) is 50.8 Å². The molecule has 0 atom stereocenters. The number of sulfonamides is 1. The van der Waals surface area contributed by atoms with E-state index in [0.717, 1.165) is 11.4 Å². The third kappa shape index (κ3) is 8.04. The van der Waals surface area contributed by atoms with Crippen LogP contribution >= 0.6 is 0 Å². The maximum atomic E-state index is 12.0. The number of alkyl halides is 3. The van der Waals surface area contributed by atoms with E-state index in [1.165, 1.54) is 0 Å². The van der Waals surface area contributed by atoms with Crippen molar-refractivity contribution in [1.29, 1.82) is 0 Å². The zero-order chi connectivity index (χ0) is 15.1. The molecule has 0 bridgehead atoms. The van der Waals surface area contributed by atoms with Crippen LogP contribution in [-0.2, 0) is 19.6 Å². The van der Waals surface area contributed by atoms with Crippen LogP contribution in [0.1, 0.15) is 26.2 Å². The molecule has 114 valence electrons. The zero-order valence-corrected chi connectivity index (χ0v) is 11.7. The second-order valence-electron chi connectivity index (χ2n) is 3.94. The molecule has 9 heteroatoms. The van der Waals surface area contributed by atoms with Crippen LogP contribution in [0.2, 0.25) is 0 Å². The summed E-state index contributed by atoms with van der Waals surface area (Å²) in [6.45, 7) is 1.30. The van der Waals surface area contributed by atoms with E-state index in [0.29, 0.717) is 6.42 Å². The molecule has 0 radical (unpaired) electrons. The predicted molar refractivity (Wildman–Crippen MR) is 63.0 cm³/mol. The number of halogens is 3. The van der Waals surface area contributed by atoms with Crippen LogP contribution in [0, 0.1) is 0 Å². The molecular weight excluding hydrogens is 287 g/mol. The highest BCUT2D eigenvalue weighted by Gasteiger charge is 2.29. The monoisotopic (exact) mass is 305 g/mol. The predicted octanol–water partition coefficient (Wildman–Crippen LogP) is 1.54. The number of rotatable bonds is 8. The minimum Gasteiger partial charge on any atom is -0.468 e. The number of esters is 1. The molecule has 0 unspecified atom stereocenters. The first-order chi connectivity index (χ1) is 8.62. The van der Waals surface area contributed by atoms with E-state index in [4.69, 9.17) is 0 Å². The van der Waals surface area contributed by atoms with Gasteiger partial charge in [0.15, 0.2) is 0 Å². The fourth-order valence-electron chi connectivity index (χ4n) is 1.36. The van der Waals surface area contributed by atoms with E-state index in [9.17, 15) is 26.4 Å². The highest BCUT2D eigenvalue weighted by atomic mass is 32.2. The van der Waals surface area contributed by atoms with Gasteiger partial charge in [0.2, 0.25) is 10.0 Å². The van der Waals surface area contributed by atoms with Gasteiger partial charge in [-0.05, 0) is 12.8 Å². The maximum Gasteiger partial charge on any atom is 0.389 e. The summed E-state index contributed by atoms with van der Waals surface area (Å²) in [5, 5.41) is 0. The minimum absolute atomic E-state index is 0.0729. The molecule has 5 nitrogen and oxygen atoms in total. The Bertz CT molecular complexity index is 381. The Hall–Kier alpha value is -0.830. The van der Waals surface area contributed by atoms with Gasteiger partial charge >= 0.3 is 12.1 Å². The van der Waals surface area contributed by atoms with Crippen LogP contribution in [0.5, 0.6) is 0 Å². The fraction of sp³-hybridized carbons (Fsp3) is 0.900. The Morgan fingerprint density at radius 3 is 2.32 bits per heavy atom. The van der Waals surface area contributed by atoms with Crippen LogP contribution in [0.3, 0.4) is 0 Å². The number of ether oxygens (including phenoxy) is 1. The number of hydrogen-bond donors (Lipinski definition) is 0. The van der Waals surface area contributed by atoms with Gasteiger partial charge in [0.05, 0.1) is 12.9 Å². The van der Waals surface area contributed by atoms with Gasteiger partial charge in [0, 0.05) is 13.0 Å². The van der Waals surface area contributed by atoms with Crippen molar-refractivity contribution in [3.63, 3.8) is 0 Å². The standard InChI is InChI=1S/C10H18F3NO4S/c1-3-6-14(8-9(15)18-2)19(16,17)7-4-5-10(11,12)13/h3-8H2,1-2H3. The van der Waals surface area contributed by atoms with Gasteiger partial charge in [0.25, 0.3) is 0 Å². The molecule has 0 aromatic carbocycles. The summed E-state index contributed by atoms with van der Waals surface area (Å²) in [6, 6.07) is 0. The van der Waals surface area contributed by atoms with E-state index in [1.807, 2.05) is 0 Å². The van der Waals surface area contributed by atoms with Crippen molar-refractivity contribution < 1.29 is 31.1 Å². The van der Waals surface area contributed by atoms with Gasteiger partial charge in [-0.1, -0.05) is 6.92 Å². The lowest BCUT2D eigenvalue weighted by Gasteiger charge is -2.20. The van der Waals surface area contributed by atoms with Crippen molar-refractivity contribution in [2.75, 3.05) is 26.0 Å². The summed E-state index contributed by atoms with van der Waals surface area (Å²) in [4.78, 5) is 11.1. The maximum absolute atomic E-state index is 12.0. The van der Waals surface area contributed by atoms with Crippen LogP contribution in [0.25, 0.3) is 0 Å². The molecular formula is C10H18F3NO4S. The zero-order valence-electron chi connectivity index (χ0n) is 10.9. The van der Waals surface area contributed by atoms with Crippen molar-refractivity contribution in [2.24, 2.45) is 0 Å². The van der Waals surface area contributed by atoms with Crippen LogP contribution < -0.4 is 0 Å². The highest BCUT2D eigenvalue weighted by molar-refractivity contribution is 7.89. The number of hydrogen-bond acceptors (Lipinski definition) is 4. The summed E-state index contributed by atoms with van der Waals surface area (Å²) in [5.41, 5.74) is 0. The molecule has 0 heterocycles.